The lowest BCUT2D eigenvalue weighted by Gasteiger charge is -2.25. The van der Waals surface area contributed by atoms with Crippen LogP contribution in [0, 0.1) is 6.92 Å². The lowest BCUT2D eigenvalue weighted by molar-refractivity contribution is 0.0330. The van der Waals surface area contributed by atoms with Gasteiger partial charge in [0.25, 0.3) is 0 Å². The summed E-state index contributed by atoms with van der Waals surface area (Å²) in [6.45, 7) is 2.55. The number of methoxy groups -OCH3 is 2. The molecular weight excluding hydrogens is 245 g/mol. The molecule has 0 spiro atoms. The van der Waals surface area contributed by atoms with Crippen LogP contribution in [0.25, 0.3) is 0 Å². The van der Waals surface area contributed by atoms with E-state index in [1.807, 2.05) is 25.1 Å². The van der Waals surface area contributed by atoms with Crippen molar-refractivity contribution in [1.29, 1.82) is 0 Å². The minimum Gasteiger partial charge on any atom is -0.496 e. The van der Waals surface area contributed by atoms with Crippen LogP contribution in [0.2, 0.25) is 0 Å². The van der Waals surface area contributed by atoms with E-state index in [9.17, 15) is 4.39 Å². The molecule has 0 aromatic heterocycles. The average molecular weight is 269 g/mol. The molecule has 19 heavy (non-hydrogen) atoms. The molecule has 0 fully saturated rings. The normalized spacial score (nSPS) is 14.2. The van der Waals surface area contributed by atoms with Gasteiger partial charge in [0, 0.05) is 13.5 Å². The molecule has 108 valence electrons. The maximum absolute atomic E-state index is 14.9. The average Bonchev–Trinajstić information content (AvgIpc) is 2.37. The number of hydrogen-bond donors (Lipinski definition) is 1. The third-order valence-corrected chi connectivity index (χ3v) is 3.18. The van der Waals surface area contributed by atoms with Crippen LogP contribution in [0.4, 0.5) is 4.39 Å². The Morgan fingerprint density at radius 2 is 2.05 bits per heavy atom. The van der Waals surface area contributed by atoms with Crippen molar-refractivity contribution in [2.75, 3.05) is 27.4 Å². The Kier molecular flexibility index (Phi) is 6.25. The molecule has 1 rings (SSSR count). The zero-order valence-corrected chi connectivity index (χ0v) is 12.0. The Labute approximate surface area is 114 Å². The molecule has 4 heteroatoms. The third kappa shape index (κ3) is 4.80. The molecule has 1 aromatic carbocycles. The van der Waals surface area contributed by atoms with Gasteiger partial charge in [0.05, 0.1) is 13.7 Å². The van der Waals surface area contributed by atoms with Crippen molar-refractivity contribution in [3.8, 4) is 5.75 Å². The van der Waals surface area contributed by atoms with Crippen LogP contribution in [0.1, 0.15) is 24.0 Å². The molecule has 0 aliphatic rings. The Balaban J connectivity index is 2.91. The molecule has 0 aliphatic heterocycles. The number of halogens is 1. The number of hydrogen-bond acceptors (Lipinski definition) is 3. The van der Waals surface area contributed by atoms with Crippen LogP contribution < -0.4 is 10.5 Å². The van der Waals surface area contributed by atoms with Gasteiger partial charge in [0.1, 0.15) is 11.4 Å². The number of rotatable bonds is 8. The van der Waals surface area contributed by atoms with Crippen LogP contribution in [-0.4, -0.2) is 33.0 Å². The molecule has 0 radical (unpaired) electrons. The van der Waals surface area contributed by atoms with Gasteiger partial charge in [-0.15, -0.1) is 0 Å². The number of benzene rings is 1. The first-order chi connectivity index (χ1) is 9.04. The molecule has 0 amide bonds. The van der Waals surface area contributed by atoms with Crippen LogP contribution in [-0.2, 0) is 11.2 Å². The zero-order chi connectivity index (χ0) is 14.3. The maximum Gasteiger partial charge on any atom is 0.138 e. The van der Waals surface area contributed by atoms with Crippen molar-refractivity contribution in [1.82, 2.24) is 0 Å². The summed E-state index contributed by atoms with van der Waals surface area (Å²) < 4.78 is 25.2. The van der Waals surface area contributed by atoms with Crippen molar-refractivity contribution in [3.63, 3.8) is 0 Å². The van der Waals surface area contributed by atoms with Gasteiger partial charge < -0.3 is 15.2 Å². The first kappa shape index (κ1) is 15.9. The van der Waals surface area contributed by atoms with Gasteiger partial charge in [-0.3, -0.25) is 0 Å². The van der Waals surface area contributed by atoms with Crippen LogP contribution in [0.5, 0.6) is 5.75 Å². The second kappa shape index (κ2) is 7.46. The molecule has 1 unspecified atom stereocenters. The first-order valence-corrected chi connectivity index (χ1v) is 6.56. The van der Waals surface area contributed by atoms with E-state index in [1.54, 1.807) is 7.11 Å². The van der Waals surface area contributed by atoms with E-state index in [0.29, 0.717) is 19.4 Å². The van der Waals surface area contributed by atoms with Crippen molar-refractivity contribution in [2.45, 2.75) is 31.9 Å². The summed E-state index contributed by atoms with van der Waals surface area (Å²) in [4.78, 5) is 0. The topological polar surface area (TPSA) is 44.5 Å². The second-order valence-electron chi connectivity index (χ2n) is 4.97. The van der Waals surface area contributed by atoms with Crippen molar-refractivity contribution >= 4 is 0 Å². The van der Waals surface area contributed by atoms with E-state index >= 15 is 0 Å². The van der Waals surface area contributed by atoms with E-state index in [0.717, 1.165) is 16.9 Å². The van der Waals surface area contributed by atoms with Gasteiger partial charge in [-0.2, -0.15) is 0 Å². The summed E-state index contributed by atoms with van der Waals surface area (Å²) in [6.07, 6.45) is 1.33. The smallest absolute Gasteiger partial charge is 0.138 e. The minimum absolute atomic E-state index is 0.0735. The highest BCUT2D eigenvalue weighted by molar-refractivity contribution is 5.37. The lowest BCUT2D eigenvalue weighted by Crippen LogP contribution is -2.32. The quantitative estimate of drug-likeness (QED) is 0.789. The second-order valence-corrected chi connectivity index (χ2v) is 4.97. The van der Waals surface area contributed by atoms with E-state index < -0.39 is 5.67 Å². The standard InChI is InChI=1S/C15H24FNO2/c1-12-5-6-14(19-3)13(9-12)10-15(16,11-18-2)7-4-8-17/h5-6,9H,4,7-8,10-11,17H2,1-3H3. The monoisotopic (exact) mass is 269 g/mol. The van der Waals surface area contributed by atoms with E-state index in [2.05, 4.69) is 0 Å². The Morgan fingerprint density at radius 1 is 1.32 bits per heavy atom. The fourth-order valence-corrected chi connectivity index (χ4v) is 2.28. The highest BCUT2D eigenvalue weighted by Crippen LogP contribution is 2.29. The Bertz CT molecular complexity index is 398. The van der Waals surface area contributed by atoms with Crippen LogP contribution in [0.15, 0.2) is 18.2 Å². The summed E-state index contributed by atoms with van der Waals surface area (Å²) >= 11 is 0. The fourth-order valence-electron chi connectivity index (χ4n) is 2.28. The van der Waals surface area contributed by atoms with Gasteiger partial charge in [-0.05, 0) is 37.9 Å². The lowest BCUT2D eigenvalue weighted by atomic mass is 9.91. The van der Waals surface area contributed by atoms with Crippen molar-refractivity contribution < 1.29 is 13.9 Å². The van der Waals surface area contributed by atoms with E-state index in [1.165, 1.54) is 7.11 Å². The molecule has 0 aliphatic carbocycles. The van der Waals surface area contributed by atoms with Gasteiger partial charge in [0.15, 0.2) is 0 Å². The summed E-state index contributed by atoms with van der Waals surface area (Å²) in [5.74, 6) is 0.719. The van der Waals surface area contributed by atoms with Crippen molar-refractivity contribution in [2.24, 2.45) is 5.73 Å². The maximum atomic E-state index is 14.9. The predicted octanol–water partition coefficient (Wildman–Crippen LogP) is 2.64. The highest BCUT2D eigenvalue weighted by Gasteiger charge is 2.30. The Hall–Kier alpha value is -1.13. The number of aryl methyl sites for hydroxylation is 1. The summed E-state index contributed by atoms with van der Waals surface area (Å²) in [7, 11) is 3.12. The summed E-state index contributed by atoms with van der Waals surface area (Å²) in [5.41, 5.74) is 6.05. The molecule has 1 aromatic rings. The molecule has 3 nitrogen and oxygen atoms in total. The van der Waals surface area contributed by atoms with Gasteiger partial charge in [0.2, 0.25) is 0 Å². The summed E-state index contributed by atoms with van der Waals surface area (Å²) in [5, 5.41) is 0. The molecule has 0 saturated carbocycles. The van der Waals surface area contributed by atoms with E-state index in [-0.39, 0.29) is 13.0 Å². The molecule has 2 N–H and O–H groups in total. The van der Waals surface area contributed by atoms with Crippen LogP contribution >= 0.6 is 0 Å². The third-order valence-electron chi connectivity index (χ3n) is 3.18. The molecule has 0 heterocycles. The summed E-state index contributed by atoms with van der Waals surface area (Å²) in [6, 6.07) is 5.80. The van der Waals surface area contributed by atoms with Crippen molar-refractivity contribution in [3.05, 3.63) is 29.3 Å². The SMILES string of the molecule is COCC(F)(CCCN)Cc1cc(C)ccc1OC. The molecule has 0 bridgehead atoms. The molecular formula is C15H24FNO2. The number of ether oxygens (including phenoxy) is 2. The first-order valence-electron chi connectivity index (χ1n) is 6.56. The number of nitrogens with two attached hydrogens (primary N) is 1. The zero-order valence-electron chi connectivity index (χ0n) is 12.0. The van der Waals surface area contributed by atoms with Crippen LogP contribution in [0.3, 0.4) is 0 Å². The van der Waals surface area contributed by atoms with Gasteiger partial charge in [-0.25, -0.2) is 4.39 Å². The van der Waals surface area contributed by atoms with Gasteiger partial charge in [-0.1, -0.05) is 17.7 Å². The fraction of sp³-hybridized carbons (Fsp3) is 0.600. The van der Waals surface area contributed by atoms with Gasteiger partial charge >= 0.3 is 0 Å². The molecule has 0 saturated heterocycles. The predicted molar refractivity (Wildman–Crippen MR) is 75.4 cm³/mol. The Morgan fingerprint density at radius 3 is 2.63 bits per heavy atom. The minimum atomic E-state index is -1.39. The van der Waals surface area contributed by atoms with E-state index in [4.69, 9.17) is 15.2 Å². The largest absolute Gasteiger partial charge is 0.496 e. The number of alkyl halides is 1. The highest BCUT2D eigenvalue weighted by atomic mass is 19.1. The molecule has 1 atom stereocenters.